The smallest absolute Gasteiger partial charge is 0.213 e. The minimum absolute atomic E-state index is 0.251. The van der Waals surface area contributed by atoms with Crippen LogP contribution in [0.3, 0.4) is 0 Å². The van der Waals surface area contributed by atoms with Crippen molar-refractivity contribution in [2.75, 3.05) is 0 Å². The van der Waals surface area contributed by atoms with E-state index in [2.05, 4.69) is 0 Å². The van der Waals surface area contributed by atoms with Crippen molar-refractivity contribution in [2.24, 2.45) is 5.14 Å². The molecule has 5 heteroatoms. The van der Waals surface area contributed by atoms with Gasteiger partial charge in [-0.05, 0) is 30.2 Å². The lowest BCUT2D eigenvalue weighted by atomic mass is 10.1. The second-order valence-electron chi connectivity index (χ2n) is 2.88. The Morgan fingerprint density at radius 3 is 2.54 bits per heavy atom. The molecule has 0 amide bonds. The third-order valence-corrected chi connectivity index (χ3v) is 2.37. The van der Waals surface area contributed by atoms with E-state index < -0.39 is 10.0 Å². The lowest BCUT2D eigenvalue weighted by Crippen LogP contribution is -2.15. The number of hydrogen-bond acceptors (Lipinski definition) is 2. The van der Waals surface area contributed by atoms with Gasteiger partial charge in [-0.1, -0.05) is 6.07 Å². The zero-order valence-electron chi connectivity index (χ0n) is 7.12. The van der Waals surface area contributed by atoms with Crippen molar-refractivity contribution in [3.05, 3.63) is 35.1 Å². The first-order chi connectivity index (χ1) is 5.88. The second-order valence-corrected chi connectivity index (χ2v) is 4.49. The van der Waals surface area contributed by atoms with Gasteiger partial charge in [-0.2, -0.15) is 0 Å². The van der Waals surface area contributed by atoms with Gasteiger partial charge in [0.25, 0.3) is 0 Å². The zero-order chi connectivity index (χ0) is 10.1. The van der Waals surface area contributed by atoms with Crippen molar-refractivity contribution in [3.63, 3.8) is 0 Å². The number of nitrogens with two attached hydrogens (primary N) is 1. The van der Waals surface area contributed by atoms with Gasteiger partial charge in [0, 0.05) is 0 Å². The second kappa shape index (κ2) is 3.43. The Hall–Kier alpha value is -0.940. The predicted molar refractivity (Wildman–Crippen MR) is 47.9 cm³/mol. The summed E-state index contributed by atoms with van der Waals surface area (Å²) in [5.74, 6) is -0.630. The minimum atomic E-state index is -3.53. The van der Waals surface area contributed by atoms with Crippen LogP contribution in [-0.4, -0.2) is 8.42 Å². The van der Waals surface area contributed by atoms with Crippen LogP contribution in [0.2, 0.25) is 0 Å². The third-order valence-electron chi connectivity index (χ3n) is 1.66. The van der Waals surface area contributed by atoms with E-state index >= 15 is 0 Å². The number of sulfonamides is 1. The molecule has 0 aromatic heterocycles. The zero-order valence-corrected chi connectivity index (χ0v) is 7.94. The molecule has 0 unspecified atom stereocenters. The molecule has 0 aliphatic rings. The molecule has 1 aromatic rings. The highest BCUT2D eigenvalue weighted by Gasteiger charge is 2.07. The Morgan fingerprint density at radius 1 is 1.46 bits per heavy atom. The Balaban J connectivity index is 3.04. The van der Waals surface area contributed by atoms with Crippen molar-refractivity contribution >= 4 is 10.0 Å². The fourth-order valence-electron chi connectivity index (χ4n) is 1.04. The van der Waals surface area contributed by atoms with E-state index in [1.54, 1.807) is 6.92 Å². The maximum atomic E-state index is 12.6. The van der Waals surface area contributed by atoms with Crippen LogP contribution in [0.5, 0.6) is 0 Å². The summed E-state index contributed by atoms with van der Waals surface area (Å²) in [6.07, 6.45) is 0. The number of primary sulfonamides is 1. The van der Waals surface area contributed by atoms with Crippen molar-refractivity contribution < 1.29 is 12.8 Å². The Morgan fingerprint density at radius 2 is 2.08 bits per heavy atom. The number of aryl methyl sites for hydroxylation is 1. The Bertz CT molecular complexity index is 414. The molecule has 0 aliphatic heterocycles. The summed E-state index contributed by atoms with van der Waals surface area (Å²) in [5, 5.41) is 4.85. The standard InChI is InChI=1S/C8H10FNO2S/c1-6-4-8(9)3-2-7(6)5-13(10,11)12/h2-4H,5H2,1H3,(H2,10,11,12). The van der Waals surface area contributed by atoms with Gasteiger partial charge >= 0.3 is 0 Å². The van der Waals surface area contributed by atoms with E-state index in [9.17, 15) is 12.8 Å². The van der Waals surface area contributed by atoms with E-state index in [1.165, 1.54) is 18.2 Å². The predicted octanol–water partition coefficient (Wildman–Crippen LogP) is 0.923. The van der Waals surface area contributed by atoms with E-state index in [1.807, 2.05) is 0 Å². The van der Waals surface area contributed by atoms with E-state index in [0.717, 1.165) is 0 Å². The summed E-state index contributed by atoms with van der Waals surface area (Å²) in [4.78, 5) is 0. The topological polar surface area (TPSA) is 60.2 Å². The highest BCUT2D eigenvalue weighted by atomic mass is 32.2. The molecule has 1 aromatic carbocycles. The largest absolute Gasteiger partial charge is 0.228 e. The maximum absolute atomic E-state index is 12.6. The van der Waals surface area contributed by atoms with Crippen LogP contribution >= 0.6 is 0 Å². The molecule has 0 bridgehead atoms. The van der Waals surface area contributed by atoms with Crippen LogP contribution in [0.1, 0.15) is 11.1 Å². The van der Waals surface area contributed by atoms with Crippen molar-refractivity contribution in [2.45, 2.75) is 12.7 Å². The van der Waals surface area contributed by atoms with Crippen molar-refractivity contribution in [1.82, 2.24) is 0 Å². The van der Waals surface area contributed by atoms with Gasteiger partial charge in [-0.15, -0.1) is 0 Å². The van der Waals surface area contributed by atoms with Crippen LogP contribution in [0.15, 0.2) is 18.2 Å². The Kier molecular flexibility index (Phi) is 2.68. The molecule has 72 valence electrons. The average molecular weight is 203 g/mol. The van der Waals surface area contributed by atoms with Gasteiger partial charge in [0.2, 0.25) is 10.0 Å². The molecule has 2 N–H and O–H groups in total. The molecule has 0 fully saturated rings. The molecule has 0 spiro atoms. The molecule has 0 saturated carbocycles. The highest BCUT2D eigenvalue weighted by molar-refractivity contribution is 7.88. The molecule has 13 heavy (non-hydrogen) atoms. The number of halogens is 1. The van der Waals surface area contributed by atoms with Gasteiger partial charge in [0.1, 0.15) is 5.82 Å². The summed E-state index contributed by atoms with van der Waals surface area (Å²) in [5.41, 5.74) is 1.12. The first-order valence-electron chi connectivity index (χ1n) is 3.64. The molecule has 1 rings (SSSR count). The number of hydrogen-bond donors (Lipinski definition) is 1. The summed E-state index contributed by atoms with van der Waals surface area (Å²) in [7, 11) is -3.53. The first-order valence-corrected chi connectivity index (χ1v) is 5.35. The van der Waals surface area contributed by atoms with E-state index in [4.69, 9.17) is 5.14 Å². The van der Waals surface area contributed by atoms with Gasteiger partial charge < -0.3 is 0 Å². The van der Waals surface area contributed by atoms with Gasteiger partial charge in [-0.3, -0.25) is 0 Å². The molecule has 0 heterocycles. The lowest BCUT2D eigenvalue weighted by molar-refractivity contribution is 0.596. The molecule has 0 radical (unpaired) electrons. The van der Waals surface area contributed by atoms with Crippen LogP contribution in [0, 0.1) is 12.7 Å². The normalized spacial score (nSPS) is 11.6. The molecular formula is C8H10FNO2S. The summed E-state index contributed by atoms with van der Waals surface area (Å²) >= 11 is 0. The van der Waals surface area contributed by atoms with Crippen LogP contribution in [0.4, 0.5) is 4.39 Å². The third kappa shape index (κ3) is 3.12. The number of rotatable bonds is 2. The summed E-state index contributed by atoms with van der Waals surface area (Å²) < 4.78 is 34.0. The SMILES string of the molecule is Cc1cc(F)ccc1CS(N)(=O)=O. The molecular weight excluding hydrogens is 193 g/mol. The molecule has 0 saturated heterocycles. The van der Waals surface area contributed by atoms with Crippen LogP contribution < -0.4 is 5.14 Å². The van der Waals surface area contributed by atoms with E-state index in [0.29, 0.717) is 11.1 Å². The summed E-state index contributed by atoms with van der Waals surface area (Å²) in [6.45, 7) is 1.64. The maximum Gasteiger partial charge on any atom is 0.213 e. The molecule has 3 nitrogen and oxygen atoms in total. The van der Waals surface area contributed by atoms with Gasteiger partial charge in [-0.25, -0.2) is 17.9 Å². The van der Waals surface area contributed by atoms with Crippen molar-refractivity contribution in [1.29, 1.82) is 0 Å². The minimum Gasteiger partial charge on any atom is -0.228 e. The fraction of sp³-hybridized carbons (Fsp3) is 0.250. The molecule has 0 atom stereocenters. The quantitative estimate of drug-likeness (QED) is 0.777. The summed E-state index contributed by atoms with van der Waals surface area (Å²) in [6, 6.07) is 3.92. The van der Waals surface area contributed by atoms with Crippen LogP contribution in [-0.2, 0) is 15.8 Å². The van der Waals surface area contributed by atoms with Crippen molar-refractivity contribution in [3.8, 4) is 0 Å². The number of benzene rings is 1. The monoisotopic (exact) mass is 203 g/mol. The highest BCUT2D eigenvalue weighted by Crippen LogP contribution is 2.11. The Labute approximate surface area is 76.4 Å². The van der Waals surface area contributed by atoms with E-state index in [-0.39, 0.29) is 11.6 Å². The van der Waals surface area contributed by atoms with Crippen LogP contribution in [0.25, 0.3) is 0 Å². The van der Waals surface area contributed by atoms with Gasteiger partial charge in [0.15, 0.2) is 0 Å². The molecule has 0 aliphatic carbocycles. The first kappa shape index (κ1) is 10.1. The lowest BCUT2D eigenvalue weighted by Gasteiger charge is -2.03. The average Bonchev–Trinajstić information content (AvgIpc) is 1.93. The fourth-order valence-corrected chi connectivity index (χ4v) is 1.80. The van der Waals surface area contributed by atoms with Gasteiger partial charge in [0.05, 0.1) is 5.75 Å².